The van der Waals surface area contributed by atoms with Crippen LogP contribution in [-0.2, 0) is 0 Å². The van der Waals surface area contributed by atoms with Gasteiger partial charge in [-0.05, 0) is 59.2 Å². The van der Waals surface area contributed by atoms with E-state index in [1.54, 1.807) is 0 Å². The van der Waals surface area contributed by atoms with Crippen molar-refractivity contribution in [2.75, 3.05) is 0 Å². The summed E-state index contributed by atoms with van der Waals surface area (Å²) >= 11 is 0. The highest BCUT2D eigenvalue weighted by Crippen LogP contribution is 2.39. The van der Waals surface area contributed by atoms with E-state index in [9.17, 15) is 0 Å². The van der Waals surface area contributed by atoms with Gasteiger partial charge in [-0.1, -0.05) is 121 Å². The van der Waals surface area contributed by atoms with Crippen molar-refractivity contribution >= 4 is 49.3 Å². The molecule has 0 unspecified atom stereocenters. The van der Waals surface area contributed by atoms with Crippen molar-refractivity contribution in [2.24, 2.45) is 0 Å². The van der Waals surface area contributed by atoms with Crippen LogP contribution in [0.3, 0.4) is 0 Å². The zero-order chi connectivity index (χ0) is 30.6. The molecule has 0 fully saturated rings. The first kappa shape index (κ1) is 26.1. The molecule has 3 nitrogen and oxygen atoms in total. The van der Waals surface area contributed by atoms with Gasteiger partial charge in [0.1, 0.15) is 0 Å². The first-order valence-corrected chi connectivity index (χ1v) is 15.5. The summed E-state index contributed by atoms with van der Waals surface area (Å²) in [5.74, 6) is 0. The van der Waals surface area contributed by atoms with Crippen LogP contribution in [0.2, 0.25) is 0 Å². The molecule has 0 spiro atoms. The minimum atomic E-state index is 0.626. The summed E-state index contributed by atoms with van der Waals surface area (Å²) in [4.78, 5) is 3.78. The van der Waals surface area contributed by atoms with Crippen LogP contribution in [0.4, 0.5) is 5.69 Å². The van der Waals surface area contributed by atoms with E-state index in [4.69, 9.17) is 6.57 Å². The monoisotopic (exact) mass is 585 g/mol. The number of para-hydroxylation sites is 4. The van der Waals surface area contributed by atoms with E-state index in [2.05, 4.69) is 166 Å². The maximum Gasteiger partial charge on any atom is 0.189 e. The molecule has 0 N–H and O–H groups in total. The number of nitrogens with zero attached hydrogens (tertiary/aromatic N) is 3. The Morgan fingerprint density at radius 3 is 1.28 bits per heavy atom. The van der Waals surface area contributed by atoms with Gasteiger partial charge in [-0.3, -0.25) is 0 Å². The average Bonchev–Trinajstić information content (AvgIpc) is 3.65. The maximum atomic E-state index is 7.74. The predicted octanol–water partition coefficient (Wildman–Crippen LogP) is 11.8. The fourth-order valence-electron chi connectivity index (χ4n) is 7.05. The van der Waals surface area contributed by atoms with Gasteiger partial charge >= 0.3 is 0 Å². The standard InChI is InChI=1S/C43H27N3/c1-44-32-24-27-34(43(28-32)46-41-16-8-4-12-37(41)38-13-5-9-17-42(38)46)31-20-18-29(19-21-31)30-22-25-33(26-23-30)45-39-14-6-2-10-35(39)36-11-3-7-15-40(36)45/h2-28H. The molecule has 0 radical (unpaired) electrons. The van der Waals surface area contributed by atoms with E-state index >= 15 is 0 Å². The van der Waals surface area contributed by atoms with Crippen molar-refractivity contribution in [3.8, 4) is 33.6 Å². The highest BCUT2D eigenvalue weighted by atomic mass is 15.0. The Hall–Kier alpha value is -6.37. The quantitative estimate of drug-likeness (QED) is 0.182. The van der Waals surface area contributed by atoms with Gasteiger partial charge in [-0.15, -0.1) is 0 Å². The van der Waals surface area contributed by atoms with Gasteiger partial charge in [0.15, 0.2) is 5.69 Å². The average molecular weight is 586 g/mol. The lowest BCUT2D eigenvalue weighted by atomic mass is 9.98. The van der Waals surface area contributed by atoms with E-state index < -0.39 is 0 Å². The number of hydrogen-bond donors (Lipinski definition) is 0. The van der Waals surface area contributed by atoms with Crippen LogP contribution in [0.1, 0.15) is 0 Å². The van der Waals surface area contributed by atoms with Crippen LogP contribution >= 0.6 is 0 Å². The second-order valence-electron chi connectivity index (χ2n) is 11.7. The lowest BCUT2D eigenvalue weighted by molar-refractivity contribution is 1.18. The molecule has 2 heterocycles. The van der Waals surface area contributed by atoms with Gasteiger partial charge in [0.05, 0.1) is 28.6 Å². The Bertz CT molecular complexity index is 2520. The Balaban J connectivity index is 1.12. The van der Waals surface area contributed by atoms with Crippen LogP contribution in [0.15, 0.2) is 164 Å². The lowest BCUT2D eigenvalue weighted by Gasteiger charge is -2.15. The Kier molecular flexibility index (Phi) is 5.88. The predicted molar refractivity (Wildman–Crippen MR) is 192 cm³/mol. The molecule has 0 aliphatic heterocycles. The number of aromatic nitrogens is 2. The number of hydrogen-bond acceptors (Lipinski definition) is 0. The number of rotatable bonds is 4. The smallest absolute Gasteiger partial charge is 0.189 e. The molecular formula is C43H27N3. The first-order chi connectivity index (χ1) is 22.8. The normalized spacial score (nSPS) is 11.5. The minimum absolute atomic E-state index is 0.626. The molecule has 0 saturated heterocycles. The first-order valence-electron chi connectivity index (χ1n) is 15.5. The second-order valence-corrected chi connectivity index (χ2v) is 11.7. The van der Waals surface area contributed by atoms with Crippen molar-refractivity contribution in [3.05, 3.63) is 175 Å². The topological polar surface area (TPSA) is 14.2 Å². The molecular weight excluding hydrogens is 558 g/mol. The zero-order valence-corrected chi connectivity index (χ0v) is 24.9. The van der Waals surface area contributed by atoms with Crippen molar-refractivity contribution in [1.29, 1.82) is 0 Å². The van der Waals surface area contributed by atoms with Crippen molar-refractivity contribution in [3.63, 3.8) is 0 Å². The molecule has 46 heavy (non-hydrogen) atoms. The molecule has 9 rings (SSSR count). The minimum Gasteiger partial charge on any atom is -0.310 e. The van der Waals surface area contributed by atoms with Crippen molar-refractivity contribution in [2.45, 2.75) is 0 Å². The number of fused-ring (bicyclic) bond motifs is 6. The summed E-state index contributed by atoms with van der Waals surface area (Å²) in [6, 6.07) is 57.9. The van der Waals surface area contributed by atoms with Gasteiger partial charge in [-0.2, -0.15) is 0 Å². The van der Waals surface area contributed by atoms with Crippen LogP contribution < -0.4 is 0 Å². The molecule has 3 heteroatoms. The molecule has 0 aliphatic rings. The van der Waals surface area contributed by atoms with Crippen LogP contribution in [-0.4, -0.2) is 9.13 Å². The third-order valence-corrected chi connectivity index (χ3v) is 9.17. The fraction of sp³-hybridized carbons (Fsp3) is 0. The fourth-order valence-corrected chi connectivity index (χ4v) is 7.05. The van der Waals surface area contributed by atoms with Crippen LogP contribution in [0.5, 0.6) is 0 Å². The summed E-state index contributed by atoms with van der Waals surface area (Å²) < 4.78 is 4.65. The molecule has 0 aliphatic carbocycles. The molecule has 0 atom stereocenters. The summed E-state index contributed by atoms with van der Waals surface area (Å²) in [7, 11) is 0. The molecule has 0 amide bonds. The number of benzene rings is 7. The van der Waals surface area contributed by atoms with E-state index in [1.165, 1.54) is 38.1 Å². The third kappa shape index (κ3) is 3.98. The summed E-state index contributed by atoms with van der Waals surface area (Å²) in [5.41, 5.74) is 12.0. The molecule has 214 valence electrons. The Morgan fingerprint density at radius 1 is 0.391 bits per heavy atom. The highest BCUT2D eigenvalue weighted by Gasteiger charge is 2.16. The van der Waals surface area contributed by atoms with Crippen LogP contribution in [0, 0.1) is 6.57 Å². The SMILES string of the molecule is [C-]#[N+]c1ccc(-c2ccc(-c3ccc(-n4c5ccccc5c5ccccc54)cc3)cc2)c(-n2c3ccccc3c3ccccc32)c1. The van der Waals surface area contributed by atoms with E-state index in [-0.39, 0.29) is 0 Å². The zero-order valence-electron chi connectivity index (χ0n) is 24.9. The summed E-state index contributed by atoms with van der Waals surface area (Å²) in [6.45, 7) is 7.74. The Morgan fingerprint density at radius 2 is 0.804 bits per heavy atom. The van der Waals surface area contributed by atoms with E-state index in [0.29, 0.717) is 5.69 Å². The van der Waals surface area contributed by atoms with Gasteiger partial charge in [0.25, 0.3) is 0 Å². The van der Waals surface area contributed by atoms with E-state index in [0.717, 1.165) is 39.1 Å². The molecule has 0 bridgehead atoms. The molecule has 2 aromatic heterocycles. The molecule has 9 aromatic rings. The summed E-state index contributed by atoms with van der Waals surface area (Å²) in [6.07, 6.45) is 0. The third-order valence-electron chi connectivity index (χ3n) is 9.17. The maximum absolute atomic E-state index is 7.74. The van der Waals surface area contributed by atoms with E-state index in [1.807, 2.05) is 12.1 Å². The summed E-state index contributed by atoms with van der Waals surface area (Å²) in [5, 5.41) is 4.94. The van der Waals surface area contributed by atoms with Crippen LogP contribution in [0.25, 0.3) is 82.1 Å². The van der Waals surface area contributed by atoms with Crippen molar-refractivity contribution in [1.82, 2.24) is 9.13 Å². The Labute approximate surface area is 266 Å². The van der Waals surface area contributed by atoms with Gasteiger partial charge < -0.3 is 9.13 Å². The lowest BCUT2D eigenvalue weighted by Crippen LogP contribution is -1.97. The van der Waals surface area contributed by atoms with Crippen molar-refractivity contribution < 1.29 is 0 Å². The molecule has 7 aromatic carbocycles. The van der Waals surface area contributed by atoms with Gasteiger partial charge in [-0.25, -0.2) is 4.85 Å². The largest absolute Gasteiger partial charge is 0.310 e. The molecule has 0 saturated carbocycles. The highest BCUT2D eigenvalue weighted by molar-refractivity contribution is 6.10. The van der Waals surface area contributed by atoms with Gasteiger partial charge in [0.2, 0.25) is 0 Å². The van der Waals surface area contributed by atoms with Gasteiger partial charge in [0, 0.05) is 38.5 Å². The second kappa shape index (κ2) is 10.4.